The molecule has 1 atom stereocenters. The summed E-state index contributed by atoms with van der Waals surface area (Å²) >= 11 is 0. The number of hydrogen-bond acceptors (Lipinski definition) is 3. The first kappa shape index (κ1) is 19.3. The Labute approximate surface area is 147 Å². The molecule has 136 valence electrons. The first-order valence-corrected chi connectivity index (χ1v) is 10.7. The van der Waals surface area contributed by atoms with Crippen molar-refractivity contribution in [1.29, 1.82) is 0 Å². The third-order valence-electron chi connectivity index (χ3n) is 5.09. The van der Waals surface area contributed by atoms with Crippen molar-refractivity contribution in [1.82, 2.24) is 4.72 Å². The van der Waals surface area contributed by atoms with Crippen LogP contribution in [-0.4, -0.2) is 26.8 Å². The molecule has 0 aromatic heterocycles. The van der Waals surface area contributed by atoms with E-state index in [1.54, 1.807) is 13.8 Å². The lowest BCUT2D eigenvalue weighted by Crippen LogP contribution is -2.31. The number of sulfonamides is 1. The Bertz CT molecular complexity index is 654. The number of rotatable bonds is 9. The molecule has 0 radical (unpaired) electrons. The molecule has 1 aromatic rings. The molecule has 0 saturated carbocycles. The summed E-state index contributed by atoms with van der Waals surface area (Å²) in [6.07, 6.45) is 5.43. The summed E-state index contributed by atoms with van der Waals surface area (Å²) in [6.45, 7) is 9.41. The fourth-order valence-corrected chi connectivity index (χ4v) is 4.07. The summed E-state index contributed by atoms with van der Waals surface area (Å²) in [5.74, 6) is 0.697. The minimum absolute atomic E-state index is 0.357. The average molecular weight is 353 g/mol. The van der Waals surface area contributed by atoms with E-state index in [1.165, 1.54) is 35.2 Å². The molecule has 1 unspecified atom stereocenters. The van der Waals surface area contributed by atoms with Gasteiger partial charge in [-0.25, -0.2) is 13.1 Å². The van der Waals surface area contributed by atoms with Crippen molar-refractivity contribution in [3.63, 3.8) is 0 Å². The summed E-state index contributed by atoms with van der Waals surface area (Å²) in [7, 11) is -3.12. The van der Waals surface area contributed by atoms with E-state index >= 15 is 0 Å². The first-order chi connectivity index (χ1) is 11.3. The van der Waals surface area contributed by atoms with Gasteiger partial charge in [0.05, 0.1) is 5.25 Å². The topological polar surface area (TPSA) is 58.2 Å². The van der Waals surface area contributed by atoms with Gasteiger partial charge in [-0.15, -0.1) is 0 Å². The van der Waals surface area contributed by atoms with Crippen molar-refractivity contribution in [3.05, 3.63) is 28.8 Å². The van der Waals surface area contributed by atoms with Crippen LogP contribution >= 0.6 is 0 Å². The van der Waals surface area contributed by atoms with E-state index in [0.29, 0.717) is 12.5 Å². The minimum Gasteiger partial charge on any atom is -0.385 e. The van der Waals surface area contributed by atoms with Gasteiger partial charge in [0.2, 0.25) is 10.0 Å². The van der Waals surface area contributed by atoms with E-state index in [1.807, 2.05) is 0 Å². The summed E-state index contributed by atoms with van der Waals surface area (Å²) in [4.78, 5) is 0. The van der Waals surface area contributed by atoms with Crippen LogP contribution in [0.15, 0.2) is 12.1 Å². The maximum atomic E-state index is 11.6. The zero-order valence-corrected chi connectivity index (χ0v) is 16.3. The van der Waals surface area contributed by atoms with Gasteiger partial charge in [0.15, 0.2) is 0 Å². The van der Waals surface area contributed by atoms with Crippen molar-refractivity contribution in [2.45, 2.75) is 71.0 Å². The van der Waals surface area contributed by atoms with Gasteiger partial charge in [-0.05, 0) is 75.1 Å². The molecule has 2 N–H and O–H groups in total. The molecule has 1 aliphatic rings. The third kappa shape index (κ3) is 4.73. The number of hydrogen-bond donors (Lipinski definition) is 2. The lowest BCUT2D eigenvalue weighted by Gasteiger charge is -2.14. The Kier molecular flexibility index (Phi) is 6.70. The summed E-state index contributed by atoms with van der Waals surface area (Å²) in [6, 6.07) is 4.50. The predicted octanol–water partition coefficient (Wildman–Crippen LogP) is 3.95. The van der Waals surface area contributed by atoms with Crippen molar-refractivity contribution < 1.29 is 8.42 Å². The molecule has 0 spiro atoms. The highest BCUT2D eigenvalue weighted by Crippen LogP contribution is 2.37. The van der Waals surface area contributed by atoms with Gasteiger partial charge in [-0.3, -0.25) is 0 Å². The van der Waals surface area contributed by atoms with Gasteiger partial charge in [0, 0.05) is 18.8 Å². The van der Waals surface area contributed by atoms with Crippen molar-refractivity contribution >= 4 is 15.7 Å². The molecular weight excluding hydrogens is 320 g/mol. The monoisotopic (exact) mass is 352 g/mol. The fourth-order valence-electron chi connectivity index (χ4n) is 3.31. The molecule has 0 amide bonds. The molecule has 0 bridgehead atoms. The smallest absolute Gasteiger partial charge is 0.213 e. The Morgan fingerprint density at radius 2 is 1.88 bits per heavy atom. The van der Waals surface area contributed by atoms with E-state index in [2.05, 4.69) is 36.0 Å². The highest BCUT2D eigenvalue weighted by atomic mass is 32.2. The number of nitrogens with one attached hydrogen (secondary N) is 2. The molecule has 1 aliphatic carbocycles. The van der Waals surface area contributed by atoms with Gasteiger partial charge in [0.1, 0.15) is 0 Å². The van der Waals surface area contributed by atoms with Gasteiger partial charge >= 0.3 is 0 Å². The van der Waals surface area contributed by atoms with Crippen LogP contribution in [0.25, 0.3) is 0 Å². The van der Waals surface area contributed by atoms with Crippen LogP contribution in [0.4, 0.5) is 5.69 Å². The van der Waals surface area contributed by atoms with E-state index in [-0.39, 0.29) is 5.25 Å². The second-order valence-corrected chi connectivity index (χ2v) is 9.54. The normalized spacial score (nSPS) is 17.3. The van der Waals surface area contributed by atoms with E-state index in [0.717, 1.165) is 25.8 Å². The average Bonchev–Trinajstić information content (AvgIpc) is 2.90. The Hall–Kier alpha value is -1.07. The maximum Gasteiger partial charge on any atom is 0.213 e. The van der Waals surface area contributed by atoms with Gasteiger partial charge in [-0.1, -0.05) is 19.4 Å². The molecule has 2 rings (SSSR count). The van der Waals surface area contributed by atoms with E-state index in [9.17, 15) is 8.42 Å². The van der Waals surface area contributed by atoms with Crippen LogP contribution in [0.2, 0.25) is 0 Å². The molecule has 0 saturated heterocycles. The SMILES string of the molecule is Cc1c(NCCCCCNS(=O)(=O)C(C)C)ccc2c1CCC2C. The van der Waals surface area contributed by atoms with Gasteiger partial charge in [-0.2, -0.15) is 0 Å². The molecule has 5 heteroatoms. The van der Waals surface area contributed by atoms with Crippen LogP contribution in [0.1, 0.15) is 69.1 Å². The largest absolute Gasteiger partial charge is 0.385 e. The summed E-state index contributed by atoms with van der Waals surface area (Å²) < 4.78 is 25.9. The van der Waals surface area contributed by atoms with Crippen molar-refractivity contribution in [2.24, 2.45) is 0 Å². The molecule has 24 heavy (non-hydrogen) atoms. The van der Waals surface area contributed by atoms with Crippen LogP contribution in [0, 0.1) is 6.92 Å². The number of fused-ring (bicyclic) bond motifs is 1. The lowest BCUT2D eigenvalue weighted by atomic mass is 9.99. The quantitative estimate of drug-likeness (QED) is 0.662. The second kappa shape index (κ2) is 8.34. The Balaban J connectivity index is 1.69. The van der Waals surface area contributed by atoms with Crippen molar-refractivity contribution in [2.75, 3.05) is 18.4 Å². The first-order valence-electron chi connectivity index (χ1n) is 9.17. The summed E-state index contributed by atoms with van der Waals surface area (Å²) in [5.41, 5.74) is 5.72. The molecule has 0 fully saturated rings. The molecule has 0 aliphatic heterocycles. The van der Waals surface area contributed by atoms with Crippen LogP contribution in [0.5, 0.6) is 0 Å². The molecule has 0 heterocycles. The van der Waals surface area contributed by atoms with Gasteiger partial charge < -0.3 is 5.32 Å². The third-order valence-corrected chi connectivity index (χ3v) is 6.93. The van der Waals surface area contributed by atoms with Crippen LogP contribution in [-0.2, 0) is 16.4 Å². The van der Waals surface area contributed by atoms with E-state index < -0.39 is 10.0 Å². The van der Waals surface area contributed by atoms with Crippen LogP contribution in [0.3, 0.4) is 0 Å². The highest BCUT2D eigenvalue weighted by Gasteiger charge is 2.21. The number of anilines is 1. The Morgan fingerprint density at radius 3 is 2.58 bits per heavy atom. The van der Waals surface area contributed by atoms with Gasteiger partial charge in [0.25, 0.3) is 0 Å². The molecular formula is C19H32N2O2S. The zero-order valence-electron chi connectivity index (χ0n) is 15.5. The number of benzene rings is 1. The number of unbranched alkanes of at least 4 members (excludes halogenated alkanes) is 2. The minimum atomic E-state index is -3.12. The zero-order chi connectivity index (χ0) is 17.7. The van der Waals surface area contributed by atoms with E-state index in [4.69, 9.17) is 0 Å². The van der Waals surface area contributed by atoms with Crippen LogP contribution < -0.4 is 10.0 Å². The standard InChI is InChI=1S/C19H32N2O2S/c1-14(2)24(22,23)21-13-7-5-6-12-20-19-11-10-17-15(3)8-9-18(17)16(19)4/h10-11,14-15,20-21H,5-9,12-13H2,1-4H3. The predicted molar refractivity (Wildman–Crippen MR) is 102 cm³/mol. The maximum absolute atomic E-state index is 11.6. The highest BCUT2D eigenvalue weighted by molar-refractivity contribution is 7.90. The second-order valence-electron chi connectivity index (χ2n) is 7.22. The van der Waals surface area contributed by atoms with Crippen molar-refractivity contribution in [3.8, 4) is 0 Å². The molecule has 4 nitrogen and oxygen atoms in total. The molecule has 1 aromatic carbocycles. The lowest BCUT2D eigenvalue weighted by molar-refractivity contribution is 0.566. The fraction of sp³-hybridized carbons (Fsp3) is 0.684. The Morgan fingerprint density at radius 1 is 1.17 bits per heavy atom. The summed E-state index contributed by atoms with van der Waals surface area (Å²) in [5, 5.41) is 3.19.